The van der Waals surface area contributed by atoms with E-state index in [9.17, 15) is 19.2 Å². The largest absolute Gasteiger partial charge is 0.481 e. The number of carbonyl (C=O) groups is 4. The molecule has 3 unspecified atom stereocenters. The van der Waals surface area contributed by atoms with Crippen LogP contribution >= 0.6 is 0 Å². The molecule has 0 radical (unpaired) electrons. The third-order valence-corrected chi connectivity index (χ3v) is 3.05. The standard InChI is InChI=1S/C13H24N4O6/c1-7(16-12(21)8(15)4-2-3-5-14)11(20)17-9(13(22)23)6-10(18)19/h7-9H,2-6,14-15H2,1H3,(H,16,21)(H,17,20)(H,18,19)(H,22,23). The Hall–Kier alpha value is -2.20. The van der Waals surface area contributed by atoms with Gasteiger partial charge in [-0.15, -0.1) is 0 Å². The zero-order valence-electron chi connectivity index (χ0n) is 12.9. The van der Waals surface area contributed by atoms with Crippen LogP contribution in [0.5, 0.6) is 0 Å². The second-order valence-electron chi connectivity index (χ2n) is 5.12. The first kappa shape index (κ1) is 20.8. The molecule has 23 heavy (non-hydrogen) atoms. The number of nitrogens with two attached hydrogens (primary N) is 2. The van der Waals surface area contributed by atoms with E-state index in [2.05, 4.69) is 10.6 Å². The van der Waals surface area contributed by atoms with Gasteiger partial charge in [-0.05, 0) is 26.3 Å². The molecule has 0 aliphatic rings. The Morgan fingerprint density at radius 3 is 2.13 bits per heavy atom. The zero-order valence-corrected chi connectivity index (χ0v) is 12.9. The number of amides is 2. The number of nitrogens with one attached hydrogen (secondary N) is 2. The molecular formula is C13H24N4O6. The van der Waals surface area contributed by atoms with Crippen LogP contribution in [0.3, 0.4) is 0 Å². The molecule has 0 rings (SSSR count). The first-order valence-electron chi connectivity index (χ1n) is 7.20. The van der Waals surface area contributed by atoms with Crippen LogP contribution in [0.1, 0.15) is 32.6 Å². The van der Waals surface area contributed by atoms with E-state index in [1.165, 1.54) is 6.92 Å². The summed E-state index contributed by atoms with van der Waals surface area (Å²) in [5.41, 5.74) is 11.0. The van der Waals surface area contributed by atoms with Gasteiger partial charge >= 0.3 is 11.9 Å². The van der Waals surface area contributed by atoms with Crippen LogP contribution < -0.4 is 22.1 Å². The lowest BCUT2D eigenvalue weighted by molar-refractivity contribution is -0.147. The Bertz CT molecular complexity index is 442. The van der Waals surface area contributed by atoms with Crippen LogP contribution in [0.15, 0.2) is 0 Å². The zero-order chi connectivity index (χ0) is 18.0. The van der Waals surface area contributed by atoms with Gasteiger partial charge in [0.1, 0.15) is 12.1 Å². The fourth-order valence-electron chi connectivity index (χ4n) is 1.70. The molecule has 2 amide bonds. The number of carboxylic acids is 2. The van der Waals surface area contributed by atoms with Gasteiger partial charge < -0.3 is 32.3 Å². The first-order valence-corrected chi connectivity index (χ1v) is 7.20. The van der Waals surface area contributed by atoms with Crippen molar-refractivity contribution in [3.63, 3.8) is 0 Å². The van der Waals surface area contributed by atoms with E-state index in [0.717, 1.165) is 6.42 Å². The minimum atomic E-state index is -1.57. The van der Waals surface area contributed by atoms with E-state index in [-0.39, 0.29) is 0 Å². The van der Waals surface area contributed by atoms with Crippen molar-refractivity contribution in [3.05, 3.63) is 0 Å². The molecule has 0 spiro atoms. The highest BCUT2D eigenvalue weighted by atomic mass is 16.4. The summed E-state index contributed by atoms with van der Waals surface area (Å²) >= 11 is 0. The van der Waals surface area contributed by atoms with Crippen molar-refractivity contribution >= 4 is 23.8 Å². The highest BCUT2D eigenvalue weighted by Crippen LogP contribution is 1.99. The fourth-order valence-corrected chi connectivity index (χ4v) is 1.70. The highest BCUT2D eigenvalue weighted by Gasteiger charge is 2.26. The normalized spacial score (nSPS) is 14.4. The summed E-state index contributed by atoms with van der Waals surface area (Å²) in [5, 5.41) is 21.9. The van der Waals surface area contributed by atoms with Gasteiger partial charge in [-0.2, -0.15) is 0 Å². The summed E-state index contributed by atoms with van der Waals surface area (Å²) in [6.07, 6.45) is 1.05. The molecule has 0 bridgehead atoms. The number of rotatable bonds is 11. The van der Waals surface area contributed by atoms with E-state index in [1.807, 2.05) is 0 Å². The Morgan fingerprint density at radius 2 is 1.65 bits per heavy atom. The number of carboxylic acid groups (broad SMARTS) is 2. The Kier molecular flexibility index (Phi) is 9.51. The van der Waals surface area contributed by atoms with Crippen molar-refractivity contribution < 1.29 is 29.4 Å². The van der Waals surface area contributed by atoms with Gasteiger partial charge in [0.2, 0.25) is 11.8 Å². The van der Waals surface area contributed by atoms with Crippen molar-refractivity contribution in [2.24, 2.45) is 11.5 Å². The quantitative estimate of drug-likeness (QED) is 0.234. The molecule has 0 saturated carbocycles. The van der Waals surface area contributed by atoms with Crippen LogP contribution in [-0.2, 0) is 19.2 Å². The molecular weight excluding hydrogens is 308 g/mol. The third-order valence-electron chi connectivity index (χ3n) is 3.05. The van der Waals surface area contributed by atoms with Gasteiger partial charge in [-0.3, -0.25) is 14.4 Å². The van der Waals surface area contributed by atoms with Gasteiger partial charge in [-0.25, -0.2) is 4.79 Å². The minimum absolute atomic E-state index is 0.411. The lowest BCUT2D eigenvalue weighted by Gasteiger charge is -2.19. The Balaban J connectivity index is 4.44. The number of carbonyl (C=O) groups excluding carboxylic acids is 2. The van der Waals surface area contributed by atoms with E-state index < -0.39 is 48.3 Å². The molecule has 0 aliphatic carbocycles. The summed E-state index contributed by atoms with van der Waals surface area (Å²) in [6.45, 7) is 1.84. The number of aliphatic carboxylic acids is 2. The smallest absolute Gasteiger partial charge is 0.326 e. The van der Waals surface area contributed by atoms with Crippen molar-refractivity contribution in [2.75, 3.05) is 6.54 Å². The first-order chi connectivity index (χ1) is 10.7. The van der Waals surface area contributed by atoms with E-state index in [1.54, 1.807) is 0 Å². The van der Waals surface area contributed by atoms with Gasteiger partial charge in [-0.1, -0.05) is 6.42 Å². The van der Waals surface area contributed by atoms with E-state index >= 15 is 0 Å². The molecule has 8 N–H and O–H groups in total. The lowest BCUT2D eigenvalue weighted by Crippen LogP contribution is -2.53. The van der Waals surface area contributed by atoms with Crippen LogP contribution in [0, 0.1) is 0 Å². The number of unbranched alkanes of at least 4 members (excludes halogenated alkanes) is 1. The van der Waals surface area contributed by atoms with Crippen molar-refractivity contribution in [1.29, 1.82) is 0 Å². The van der Waals surface area contributed by atoms with Crippen molar-refractivity contribution in [1.82, 2.24) is 10.6 Å². The van der Waals surface area contributed by atoms with Gasteiger partial charge in [0, 0.05) is 0 Å². The van der Waals surface area contributed by atoms with E-state index in [4.69, 9.17) is 21.7 Å². The highest BCUT2D eigenvalue weighted by molar-refractivity contribution is 5.92. The van der Waals surface area contributed by atoms with Gasteiger partial charge in [0.05, 0.1) is 12.5 Å². The van der Waals surface area contributed by atoms with Crippen LogP contribution in [0.2, 0.25) is 0 Å². The molecule has 0 saturated heterocycles. The topological polar surface area (TPSA) is 185 Å². The molecule has 0 heterocycles. The molecule has 132 valence electrons. The maximum Gasteiger partial charge on any atom is 0.326 e. The summed E-state index contributed by atoms with van der Waals surface area (Å²) < 4.78 is 0. The average molecular weight is 332 g/mol. The monoisotopic (exact) mass is 332 g/mol. The summed E-state index contributed by atoms with van der Waals surface area (Å²) in [7, 11) is 0. The predicted octanol–water partition coefficient (Wildman–Crippen LogP) is -2.01. The molecule has 0 aromatic rings. The molecule has 0 aromatic carbocycles. The van der Waals surface area contributed by atoms with Gasteiger partial charge in [0.25, 0.3) is 0 Å². The SMILES string of the molecule is CC(NC(=O)C(N)CCCCN)C(=O)NC(CC(=O)O)C(=O)O. The predicted molar refractivity (Wildman–Crippen MR) is 80.3 cm³/mol. The summed E-state index contributed by atoms with van der Waals surface area (Å²) in [4.78, 5) is 45.0. The average Bonchev–Trinajstić information content (AvgIpc) is 2.45. The Morgan fingerprint density at radius 1 is 1.04 bits per heavy atom. The van der Waals surface area contributed by atoms with Gasteiger partial charge in [0.15, 0.2) is 0 Å². The molecule has 10 heteroatoms. The summed E-state index contributed by atoms with van der Waals surface area (Å²) in [6, 6.07) is -3.41. The van der Waals surface area contributed by atoms with Crippen LogP contribution in [0.25, 0.3) is 0 Å². The third kappa shape index (κ3) is 8.73. The molecule has 10 nitrogen and oxygen atoms in total. The number of hydrogen-bond acceptors (Lipinski definition) is 6. The van der Waals surface area contributed by atoms with Crippen LogP contribution in [0.4, 0.5) is 0 Å². The minimum Gasteiger partial charge on any atom is -0.481 e. The fraction of sp³-hybridized carbons (Fsp3) is 0.692. The van der Waals surface area contributed by atoms with Crippen molar-refractivity contribution in [3.8, 4) is 0 Å². The Labute approximate surface area is 133 Å². The maximum atomic E-state index is 11.8. The summed E-state index contributed by atoms with van der Waals surface area (Å²) in [5.74, 6) is -4.19. The molecule has 0 aromatic heterocycles. The number of hydrogen-bond donors (Lipinski definition) is 6. The van der Waals surface area contributed by atoms with E-state index in [0.29, 0.717) is 19.4 Å². The molecule has 0 fully saturated rings. The second kappa shape index (κ2) is 10.5. The molecule has 3 atom stereocenters. The second-order valence-corrected chi connectivity index (χ2v) is 5.12. The maximum absolute atomic E-state index is 11.8. The van der Waals surface area contributed by atoms with Crippen LogP contribution in [-0.4, -0.2) is 58.6 Å². The van der Waals surface area contributed by atoms with Crippen molar-refractivity contribution in [2.45, 2.75) is 50.7 Å². The molecule has 0 aliphatic heterocycles. The lowest BCUT2D eigenvalue weighted by atomic mass is 10.1.